The van der Waals surface area contributed by atoms with E-state index in [2.05, 4.69) is 16.8 Å². The SMILES string of the molecule is CC(C)(C)C#Cc1ccc(C(=O)O)c(Cl)n1. The summed E-state index contributed by atoms with van der Waals surface area (Å²) in [5, 5.41) is 8.72. The molecule has 1 aromatic rings. The van der Waals surface area contributed by atoms with Gasteiger partial charge in [-0.05, 0) is 38.8 Å². The highest BCUT2D eigenvalue weighted by Crippen LogP contribution is 2.14. The molecule has 0 aliphatic rings. The van der Waals surface area contributed by atoms with Gasteiger partial charge in [-0.1, -0.05) is 17.5 Å². The number of rotatable bonds is 1. The number of aromatic carboxylic acids is 1. The van der Waals surface area contributed by atoms with Crippen LogP contribution in [-0.2, 0) is 0 Å². The summed E-state index contributed by atoms with van der Waals surface area (Å²) in [4.78, 5) is 14.6. The molecule has 0 aliphatic carbocycles. The number of carbonyl (C=O) groups is 1. The lowest BCUT2D eigenvalue weighted by atomic mass is 9.98. The van der Waals surface area contributed by atoms with Crippen molar-refractivity contribution >= 4 is 17.6 Å². The lowest BCUT2D eigenvalue weighted by Gasteiger charge is -2.06. The monoisotopic (exact) mass is 237 g/mol. The quantitative estimate of drug-likeness (QED) is 0.604. The molecular weight excluding hydrogens is 226 g/mol. The Balaban J connectivity index is 3.06. The second-order valence-electron chi connectivity index (χ2n) is 4.34. The molecule has 1 heterocycles. The number of halogens is 1. The Morgan fingerprint density at radius 2 is 2.06 bits per heavy atom. The first-order chi connectivity index (χ1) is 7.29. The Morgan fingerprint density at radius 3 is 2.50 bits per heavy atom. The second kappa shape index (κ2) is 4.54. The molecule has 0 amide bonds. The minimum atomic E-state index is -1.09. The Morgan fingerprint density at radius 1 is 1.44 bits per heavy atom. The fourth-order valence-corrected chi connectivity index (χ4v) is 1.15. The van der Waals surface area contributed by atoms with Crippen LogP contribution in [0.1, 0.15) is 36.8 Å². The summed E-state index contributed by atoms with van der Waals surface area (Å²) in [7, 11) is 0. The lowest BCUT2D eigenvalue weighted by Crippen LogP contribution is -2.01. The van der Waals surface area contributed by atoms with E-state index in [0.29, 0.717) is 5.69 Å². The third-order valence-corrected chi connectivity index (χ3v) is 1.93. The Labute approximate surface area is 99.5 Å². The minimum Gasteiger partial charge on any atom is -0.478 e. The molecule has 0 radical (unpaired) electrons. The predicted molar refractivity (Wildman–Crippen MR) is 62.5 cm³/mol. The van der Waals surface area contributed by atoms with Gasteiger partial charge in [-0.25, -0.2) is 9.78 Å². The van der Waals surface area contributed by atoms with Crippen LogP contribution in [0.15, 0.2) is 12.1 Å². The number of pyridine rings is 1. The molecule has 16 heavy (non-hydrogen) atoms. The average Bonchev–Trinajstić information content (AvgIpc) is 2.13. The van der Waals surface area contributed by atoms with Crippen LogP contribution in [0.4, 0.5) is 0 Å². The first-order valence-electron chi connectivity index (χ1n) is 4.72. The van der Waals surface area contributed by atoms with Crippen LogP contribution < -0.4 is 0 Å². The maximum absolute atomic E-state index is 10.7. The molecule has 84 valence electrons. The van der Waals surface area contributed by atoms with E-state index in [1.807, 2.05) is 20.8 Å². The first kappa shape index (κ1) is 12.5. The molecule has 1 aromatic heterocycles. The molecule has 1 N–H and O–H groups in total. The highest BCUT2D eigenvalue weighted by atomic mass is 35.5. The van der Waals surface area contributed by atoms with Crippen LogP contribution in [0.25, 0.3) is 0 Å². The van der Waals surface area contributed by atoms with Crippen LogP contribution in [0.3, 0.4) is 0 Å². The number of nitrogens with zero attached hydrogens (tertiary/aromatic N) is 1. The van der Waals surface area contributed by atoms with E-state index >= 15 is 0 Å². The van der Waals surface area contributed by atoms with Gasteiger partial charge in [0.05, 0.1) is 5.56 Å². The summed E-state index contributed by atoms with van der Waals surface area (Å²) in [6.07, 6.45) is 0. The van der Waals surface area contributed by atoms with Gasteiger partial charge < -0.3 is 5.11 Å². The van der Waals surface area contributed by atoms with Gasteiger partial charge in [0, 0.05) is 5.41 Å². The third-order valence-electron chi connectivity index (χ3n) is 1.64. The van der Waals surface area contributed by atoms with Crippen molar-refractivity contribution in [2.75, 3.05) is 0 Å². The van der Waals surface area contributed by atoms with Gasteiger partial charge in [-0.2, -0.15) is 0 Å². The van der Waals surface area contributed by atoms with Crippen LogP contribution in [0, 0.1) is 17.3 Å². The van der Waals surface area contributed by atoms with Crippen molar-refractivity contribution in [3.05, 3.63) is 28.5 Å². The Hall–Kier alpha value is -1.53. The topological polar surface area (TPSA) is 50.2 Å². The van der Waals surface area contributed by atoms with Gasteiger partial charge in [-0.15, -0.1) is 0 Å². The molecule has 3 nitrogen and oxygen atoms in total. The molecule has 0 saturated carbocycles. The zero-order valence-electron chi connectivity index (χ0n) is 9.34. The molecule has 1 rings (SSSR count). The third kappa shape index (κ3) is 3.56. The van der Waals surface area contributed by atoms with E-state index in [1.54, 1.807) is 6.07 Å². The van der Waals surface area contributed by atoms with Crippen molar-refractivity contribution in [1.29, 1.82) is 0 Å². The maximum atomic E-state index is 10.7. The van der Waals surface area contributed by atoms with Crippen molar-refractivity contribution in [2.45, 2.75) is 20.8 Å². The number of carboxylic acid groups (broad SMARTS) is 1. The molecule has 0 aromatic carbocycles. The van der Waals surface area contributed by atoms with E-state index in [1.165, 1.54) is 6.07 Å². The molecule has 0 fully saturated rings. The normalized spacial score (nSPS) is 10.5. The van der Waals surface area contributed by atoms with Crippen molar-refractivity contribution in [3.63, 3.8) is 0 Å². The molecule has 0 bridgehead atoms. The van der Waals surface area contributed by atoms with Crippen molar-refractivity contribution in [2.24, 2.45) is 5.41 Å². The number of aromatic nitrogens is 1. The summed E-state index contributed by atoms with van der Waals surface area (Å²) < 4.78 is 0. The summed E-state index contributed by atoms with van der Waals surface area (Å²) in [5.41, 5.74) is 0.340. The Kier molecular flexibility index (Phi) is 3.56. The van der Waals surface area contributed by atoms with Crippen molar-refractivity contribution in [1.82, 2.24) is 4.98 Å². The standard InChI is InChI=1S/C12H12ClNO2/c1-12(2,3)7-6-8-4-5-9(11(15)16)10(13)14-8/h4-5H,1-3H3,(H,15,16). The molecule has 4 heteroatoms. The minimum absolute atomic E-state index is 0.0111. The number of carboxylic acids is 1. The average molecular weight is 238 g/mol. The van der Waals surface area contributed by atoms with Crippen LogP contribution in [-0.4, -0.2) is 16.1 Å². The molecule has 0 aliphatic heterocycles. The maximum Gasteiger partial charge on any atom is 0.338 e. The van der Waals surface area contributed by atoms with E-state index in [0.717, 1.165) is 0 Å². The molecule has 0 atom stereocenters. The van der Waals surface area contributed by atoms with E-state index in [9.17, 15) is 4.79 Å². The van der Waals surface area contributed by atoms with Gasteiger partial charge in [0.1, 0.15) is 10.8 Å². The van der Waals surface area contributed by atoms with Gasteiger partial charge in [0.2, 0.25) is 0 Å². The fourth-order valence-electron chi connectivity index (χ4n) is 0.915. The summed E-state index contributed by atoms with van der Waals surface area (Å²) in [6.45, 7) is 5.94. The van der Waals surface area contributed by atoms with Gasteiger partial charge in [-0.3, -0.25) is 0 Å². The zero-order chi connectivity index (χ0) is 12.3. The van der Waals surface area contributed by atoms with E-state index in [-0.39, 0.29) is 16.1 Å². The van der Waals surface area contributed by atoms with Crippen molar-refractivity contribution in [3.8, 4) is 11.8 Å². The molecule has 0 unspecified atom stereocenters. The zero-order valence-corrected chi connectivity index (χ0v) is 10.1. The highest BCUT2D eigenvalue weighted by molar-refractivity contribution is 6.32. The predicted octanol–water partition coefficient (Wildman–Crippen LogP) is 2.83. The first-order valence-corrected chi connectivity index (χ1v) is 5.10. The largest absolute Gasteiger partial charge is 0.478 e. The smallest absolute Gasteiger partial charge is 0.338 e. The van der Waals surface area contributed by atoms with Crippen LogP contribution >= 0.6 is 11.6 Å². The van der Waals surface area contributed by atoms with Crippen LogP contribution in [0.2, 0.25) is 5.15 Å². The number of hydrogen-bond acceptors (Lipinski definition) is 2. The summed E-state index contributed by atoms with van der Waals surface area (Å²) in [6, 6.07) is 2.96. The molecule has 0 saturated heterocycles. The molecular formula is C12H12ClNO2. The van der Waals surface area contributed by atoms with Crippen molar-refractivity contribution < 1.29 is 9.90 Å². The fraction of sp³-hybridized carbons (Fsp3) is 0.333. The summed E-state index contributed by atoms with van der Waals surface area (Å²) in [5.74, 6) is 4.76. The highest BCUT2D eigenvalue weighted by Gasteiger charge is 2.10. The lowest BCUT2D eigenvalue weighted by molar-refractivity contribution is 0.0696. The van der Waals surface area contributed by atoms with E-state index in [4.69, 9.17) is 16.7 Å². The van der Waals surface area contributed by atoms with Gasteiger partial charge in [0.25, 0.3) is 0 Å². The number of hydrogen-bond donors (Lipinski definition) is 1. The summed E-state index contributed by atoms with van der Waals surface area (Å²) >= 11 is 5.71. The Bertz CT molecular complexity index is 478. The van der Waals surface area contributed by atoms with Gasteiger partial charge in [0.15, 0.2) is 0 Å². The molecule has 0 spiro atoms. The van der Waals surface area contributed by atoms with E-state index < -0.39 is 5.97 Å². The van der Waals surface area contributed by atoms with Crippen LogP contribution in [0.5, 0.6) is 0 Å². The second-order valence-corrected chi connectivity index (χ2v) is 4.70. The van der Waals surface area contributed by atoms with Gasteiger partial charge >= 0.3 is 5.97 Å².